The van der Waals surface area contributed by atoms with Crippen molar-refractivity contribution in [3.05, 3.63) is 34.7 Å². The molecule has 0 aromatic carbocycles. The van der Waals surface area contributed by atoms with E-state index in [-0.39, 0.29) is 0 Å². The molecule has 0 aromatic rings. The molecule has 3 heterocycles. The molecule has 0 amide bonds. The lowest BCUT2D eigenvalue weighted by molar-refractivity contribution is 0.0689. The van der Waals surface area contributed by atoms with Crippen molar-refractivity contribution < 1.29 is 4.74 Å². The fourth-order valence-electron chi connectivity index (χ4n) is 2.93. The van der Waals surface area contributed by atoms with Crippen molar-refractivity contribution in [2.45, 2.75) is 32.6 Å². The second-order valence-corrected chi connectivity index (χ2v) is 7.17. The monoisotopic (exact) mass is 350 g/mol. The van der Waals surface area contributed by atoms with E-state index in [1.165, 1.54) is 15.9 Å². The average molecular weight is 351 g/mol. The normalized spacial score (nSPS) is 29.0. The highest BCUT2D eigenvalue weighted by atomic mass is 79.9. The van der Waals surface area contributed by atoms with Crippen molar-refractivity contribution >= 4 is 21.6 Å². The van der Waals surface area contributed by atoms with Crippen LogP contribution in [0.3, 0.4) is 0 Å². The molecule has 1 saturated heterocycles. The fraction of sp³-hybridized carbons (Fsp3) is 0.588. The molecule has 0 aliphatic carbocycles. The van der Waals surface area contributed by atoms with E-state index in [2.05, 4.69) is 52.3 Å². The Bertz CT molecular complexity index is 501. The van der Waals surface area contributed by atoms with Gasteiger partial charge in [-0.25, -0.2) is 0 Å². The molecule has 3 rings (SSSR count). The van der Waals surface area contributed by atoms with Crippen molar-refractivity contribution in [1.29, 1.82) is 0 Å². The van der Waals surface area contributed by atoms with Gasteiger partial charge in [0.05, 0.1) is 11.4 Å². The van der Waals surface area contributed by atoms with Gasteiger partial charge in [0.2, 0.25) is 0 Å². The summed E-state index contributed by atoms with van der Waals surface area (Å²) in [6.07, 6.45) is 13.2. The molecule has 1 atom stereocenters. The van der Waals surface area contributed by atoms with Gasteiger partial charge in [-0.05, 0) is 31.1 Å². The van der Waals surface area contributed by atoms with Gasteiger partial charge in [-0.2, -0.15) is 0 Å². The molecule has 114 valence electrons. The zero-order chi connectivity index (χ0) is 14.7. The number of aliphatic imine (C=N–C) groups is 1. The summed E-state index contributed by atoms with van der Waals surface area (Å²) in [6.45, 7) is 4.98. The SMILES string of the molecule is CC1C=CN2C=C(Br)CC(=NCC3CCOCC3)C2=CC1. The van der Waals surface area contributed by atoms with Crippen LogP contribution in [-0.2, 0) is 4.74 Å². The van der Waals surface area contributed by atoms with Crippen LogP contribution < -0.4 is 0 Å². The molecule has 1 fully saturated rings. The molecule has 3 aliphatic heterocycles. The Morgan fingerprint density at radius 2 is 2.19 bits per heavy atom. The topological polar surface area (TPSA) is 24.8 Å². The number of halogens is 1. The molecular weight excluding hydrogens is 328 g/mol. The summed E-state index contributed by atoms with van der Waals surface area (Å²) in [7, 11) is 0. The Morgan fingerprint density at radius 3 is 3.00 bits per heavy atom. The molecule has 0 bridgehead atoms. The molecule has 0 N–H and O–H groups in total. The molecule has 0 radical (unpaired) electrons. The first-order valence-corrected chi connectivity index (χ1v) is 8.66. The van der Waals surface area contributed by atoms with Crippen LogP contribution in [0.4, 0.5) is 0 Å². The number of rotatable bonds is 2. The summed E-state index contributed by atoms with van der Waals surface area (Å²) in [5.74, 6) is 1.28. The Morgan fingerprint density at radius 1 is 1.38 bits per heavy atom. The van der Waals surface area contributed by atoms with Crippen LogP contribution in [0.2, 0.25) is 0 Å². The average Bonchev–Trinajstić information content (AvgIpc) is 2.68. The third-order valence-electron chi connectivity index (χ3n) is 4.33. The van der Waals surface area contributed by atoms with Gasteiger partial charge in [-0.15, -0.1) is 0 Å². The minimum absolute atomic E-state index is 0.590. The molecule has 0 aromatic heterocycles. The van der Waals surface area contributed by atoms with E-state index >= 15 is 0 Å². The third kappa shape index (κ3) is 3.86. The van der Waals surface area contributed by atoms with Gasteiger partial charge in [-0.3, -0.25) is 4.99 Å². The van der Waals surface area contributed by atoms with Crippen LogP contribution in [0.5, 0.6) is 0 Å². The minimum Gasteiger partial charge on any atom is -0.381 e. The van der Waals surface area contributed by atoms with E-state index in [1.54, 1.807) is 0 Å². The molecular formula is C17H23BrN2O. The van der Waals surface area contributed by atoms with Crippen molar-refractivity contribution in [2.75, 3.05) is 19.8 Å². The molecule has 4 heteroatoms. The fourth-order valence-corrected chi connectivity index (χ4v) is 3.42. The Labute approximate surface area is 135 Å². The number of allylic oxidation sites excluding steroid dienone is 4. The largest absolute Gasteiger partial charge is 0.381 e. The highest BCUT2D eigenvalue weighted by Gasteiger charge is 2.22. The number of ether oxygens (including phenoxy) is 1. The van der Waals surface area contributed by atoms with E-state index in [0.717, 1.165) is 45.4 Å². The van der Waals surface area contributed by atoms with Gasteiger partial charge < -0.3 is 9.64 Å². The maximum absolute atomic E-state index is 5.43. The quantitative estimate of drug-likeness (QED) is 0.744. The lowest BCUT2D eigenvalue weighted by Crippen LogP contribution is -2.24. The van der Waals surface area contributed by atoms with E-state index in [9.17, 15) is 0 Å². The predicted octanol–water partition coefficient (Wildman–Crippen LogP) is 4.23. The first-order chi connectivity index (χ1) is 10.2. The summed E-state index contributed by atoms with van der Waals surface area (Å²) in [6, 6.07) is 0. The zero-order valence-corrected chi connectivity index (χ0v) is 14.2. The molecule has 1 unspecified atom stereocenters. The smallest absolute Gasteiger partial charge is 0.0634 e. The van der Waals surface area contributed by atoms with E-state index in [4.69, 9.17) is 9.73 Å². The Kier molecular flexibility index (Phi) is 4.96. The Hall–Kier alpha value is -0.870. The van der Waals surface area contributed by atoms with Crippen LogP contribution in [0.1, 0.15) is 32.6 Å². The van der Waals surface area contributed by atoms with Crippen LogP contribution in [0.15, 0.2) is 39.7 Å². The number of nitrogens with zero attached hydrogens (tertiary/aromatic N) is 2. The number of fused-ring (bicyclic) bond motifs is 1. The molecule has 3 nitrogen and oxygen atoms in total. The maximum atomic E-state index is 5.43. The summed E-state index contributed by atoms with van der Waals surface area (Å²) in [4.78, 5) is 7.16. The molecule has 0 saturated carbocycles. The third-order valence-corrected chi connectivity index (χ3v) is 4.81. The number of hydrogen-bond acceptors (Lipinski definition) is 3. The standard InChI is InChI=1S/C17H23BrN2O/c1-13-2-3-17-16(10-15(18)12-20(17)7-4-13)19-11-14-5-8-21-9-6-14/h3-4,7,12-14H,2,5-6,8-11H2,1H3. The van der Waals surface area contributed by atoms with E-state index in [0.29, 0.717) is 11.8 Å². The summed E-state index contributed by atoms with van der Waals surface area (Å²) < 4.78 is 6.63. The van der Waals surface area contributed by atoms with Gasteiger partial charge in [0.1, 0.15) is 0 Å². The molecule has 0 spiro atoms. The van der Waals surface area contributed by atoms with Crippen LogP contribution in [-0.4, -0.2) is 30.4 Å². The second-order valence-electron chi connectivity index (χ2n) is 6.15. The van der Waals surface area contributed by atoms with Crippen molar-refractivity contribution in [2.24, 2.45) is 16.8 Å². The van der Waals surface area contributed by atoms with E-state index in [1.807, 2.05) is 0 Å². The van der Waals surface area contributed by atoms with Gasteiger partial charge in [0.15, 0.2) is 0 Å². The van der Waals surface area contributed by atoms with Crippen molar-refractivity contribution in [3.8, 4) is 0 Å². The van der Waals surface area contributed by atoms with Crippen molar-refractivity contribution in [3.63, 3.8) is 0 Å². The summed E-state index contributed by atoms with van der Waals surface area (Å²) in [5, 5.41) is 0. The molecule has 21 heavy (non-hydrogen) atoms. The lowest BCUT2D eigenvalue weighted by atomic mass is 10.00. The summed E-state index contributed by atoms with van der Waals surface area (Å²) >= 11 is 3.65. The van der Waals surface area contributed by atoms with Crippen LogP contribution in [0.25, 0.3) is 0 Å². The first-order valence-electron chi connectivity index (χ1n) is 7.87. The first kappa shape index (κ1) is 15.0. The second kappa shape index (κ2) is 6.93. The summed E-state index contributed by atoms with van der Waals surface area (Å²) in [5.41, 5.74) is 2.49. The van der Waals surface area contributed by atoms with Crippen molar-refractivity contribution in [1.82, 2.24) is 4.90 Å². The van der Waals surface area contributed by atoms with E-state index < -0.39 is 0 Å². The lowest BCUT2D eigenvalue weighted by Gasteiger charge is -2.27. The minimum atomic E-state index is 0.590. The molecule has 3 aliphatic rings. The highest BCUT2D eigenvalue weighted by molar-refractivity contribution is 9.11. The van der Waals surface area contributed by atoms with Gasteiger partial charge in [0, 0.05) is 43.1 Å². The van der Waals surface area contributed by atoms with Gasteiger partial charge in [0.25, 0.3) is 0 Å². The maximum Gasteiger partial charge on any atom is 0.0634 e. The Balaban J connectivity index is 1.77. The zero-order valence-electron chi connectivity index (χ0n) is 12.6. The number of hydrogen-bond donors (Lipinski definition) is 0. The van der Waals surface area contributed by atoms with Gasteiger partial charge >= 0.3 is 0 Å². The highest BCUT2D eigenvalue weighted by Crippen LogP contribution is 2.29. The van der Waals surface area contributed by atoms with Gasteiger partial charge in [-0.1, -0.05) is 35.0 Å². The predicted molar refractivity (Wildman–Crippen MR) is 90.3 cm³/mol. The van der Waals surface area contributed by atoms with Crippen LogP contribution in [0, 0.1) is 11.8 Å². The van der Waals surface area contributed by atoms with Crippen LogP contribution >= 0.6 is 15.9 Å².